The number of benzene rings is 2. The van der Waals surface area contributed by atoms with Gasteiger partial charge in [-0.2, -0.15) is 0 Å². The molecule has 4 aromatic rings. The van der Waals surface area contributed by atoms with Gasteiger partial charge < -0.3 is 24.4 Å². The van der Waals surface area contributed by atoms with Crippen LogP contribution in [-0.4, -0.2) is 54.5 Å². The Morgan fingerprint density at radius 2 is 1.59 bits per heavy atom. The molecule has 0 aliphatic carbocycles. The van der Waals surface area contributed by atoms with Crippen LogP contribution in [0.15, 0.2) is 72.8 Å². The van der Waals surface area contributed by atoms with Crippen LogP contribution in [0.25, 0.3) is 11.1 Å². The van der Waals surface area contributed by atoms with Gasteiger partial charge in [0.15, 0.2) is 0 Å². The summed E-state index contributed by atoms with van der Waals surface area (Å²) < 4.78 is 7.18. The first-order valence-electron chi connectivity index (χ1n) is 14.1. The third-order valence-electron chi connectivity index (χ3n) is 7.49. The van der Waals surface area contributed by atoms with Crippen molar-refractivity contribution in [3.63, 3.8) is 0 Å². The van der Waals surface area contributed by atoms with E-state index in [1.165, 1.54) is 5.56 Å². The van der Waals surface area contributed by atoms with E-state index >= 15 is 0 Å². The summed E-state index contributed by atoms with van der Waals surface area (Å²) >= 11 is 0. The van der Waals surface area contributed by atoms with E-state index in [9.17, 15) is 9.59 Å². The third-order valence-corrected chi connectivity index (χ3v) is 7.49. The number of carbonyl (C=O) groups is 2. The van der Waals surface area contributed by atoms with Crippen LogP contribution in [0.5, 0.6) is 0 Å². The van der Waals surface area contributed by atoms with E-state index in [1.54, 1.807) is 11.7 Å². The minimum Gasteiger partial charge on any atom is -0.368 e. The Kier molecular flexibility index (Phi) is 8.50. The van der Waals surface area contributed by atoms with Gasteiger partial charge in [0.2, 0.25) is 0 Å². The molecule has 1 amide bonds. The Bertz CT molecular complexity index is 1500. The lowest BCUT2D eigenvalue weighted by atomic mass is 10.0. The molecule has 41 heavy (non-hydrogen) atoms. The fourth-order valence-corrected chi connectivity index (χ4v) is 5.48. The zero-order valence-electron chi connectivity index (χ0n) is 24.2. The summed E-state index contributed by atoms with van der Waals surface area (Å²) in [5.74, 6) is -0.244. The predicted molar refractivity (Wildman–Crippen MR) is 164 cm³/mol. The van der Waals surface area contributed by atoms with Crippen molar-refractivity contribution in [3.8, 4) is 11.1 Å². The molecular formula is C33H37N5O3. The number of ketones is 1. The second-order valence-corrected chi connectivity index (χ2v) is 10.4. The summed E-state index contributed by atoms with van der Waals surface area (Å²) in [6.07, 6.45) is 0.703. The molecule has 1 N–H and O–H groups in total. The molecule has 3 heterocycles. The van der Waals surface area contributed by atoms with Crippen LogP contribution in [0.4, 0.5) is 17.2 Å². The SMILES string of the molecule is CCc1cc(-c2ccccc2)c(C(=O)C(=O)Nc2ccc(N3CCN(c4cc(C)cc(C)n4)CC3)cc2)n1COC. The molecule has 8 heteroatoms. The highest BCUT2D eigenvalue weighted by atomic mass is 16.5. The highest BCUT2D eigenvalue weighted by molar-refractivity contribution is 6.47. The molecule has 5 rings (SSSR count). The highest BCUT2D eigenvalue weighted by Gasteiger charge is 2.27. The van der Waals surface area contributed by atoms with Crippen molar-refractivity contribution in [1.29, 1.82) is 0 Å². The van der Waals surface area contributed by atoms with Crippen LogP contribution in [0, 0.1) is 13.8 Å². The first-order chi connectivity index (χ1) is 19.9. The molecule has 1 aliphatic rings. The van der Waals surface area contributed by atoms with Gasteiger partial charge in [-0.3, -0.25) is 9.59 Å². The van der Waals surface area contributed by atoms with Gasteiger partial charge in [-0.05, 0) is 73.9 Å². The van der Waals surface area contributed by atoms with Gasteiger partial charge in [0.05, 0.1) is 0 Å². The minimum absolute atomic E-state index is 0.186. The molecule has 0 radical (unpaired) electrons. The molecule has 1 aliphatic heterocycles. The van der Waals surface area contributed by atoms with E-state index in [4.69, 9.17) is 9.72 Å². The number of rotatable bonds is 9. The van der Waals surface area contributed by atoms with Crippen molar-refractivity contribution in [1.82, 2.24) is 9.55 Å². The number of aryl methyl sites for hydroxylation is 3. The van der Waals surface area contributed by atoms with Gasteiger partial charge in [-0.25, -0.2) is 4.98 Å². The molecule has 0 spiro atoms. The lowest BCUT2D eigenvalue weighted by Crippen LogP contribution is -2.46. The van der Waals surface area contributed by atoms with Crippen LogP contribution in [0.3, 0.4) is 0 Å². The van der Waals surface area contributed by atoms with Crippen LogP contribution >= 0.6 is 0 Å². The highest BCUT2D eigenvalue weighted by Crippen LogP contribution is 2.29. The average molecular weight is 552 g/mol. The minimum atomic E-state index is -0.678. The molecule has 0 saturated carbocycles. The van der Waals surface area contributed by atoms with Crippen molar-refractivity contribution in [2.75, 3.05) is 48.4 Å². The van der Waals surface area contributed by atoms with Crippen molar-refractivity contribution < 1.29 is 14.3 Å². The number of methoxy groups -OCH3 is 1. The molecule has 0 unspecified atom stereocenters. The molecule has 1 saturated heterocycles. The van der Waals surface area contributed by atoms with Crippen LogP contribution in [0.1, 0.15) is 34.4 Å². The second-order valence-electron chi connectivity index (χ2n) is 10.4. The standard InChI is InChI=1S/C33H37N5O3/c1-5-27-21-29(25-9-7-6-8-10-25)31(38(27)22-41-4)32(39)33(40)35-26-11-13-28(14-12-26)36-15-17-37(18-16-36)30-20-23(2)19-24(3)34-30/h6-14,19-21H,5,15-18,22H2,1-4H3,(H,35,40). The Labute approximate surface area is 241 Å². The molecule has 1 fully saturated rings. The fourth-order valence-electron chi connectivity index (χ4n) is 5.48. The van der Waals surface area contributed by atoms with E-state index in [1.807, 2.05) is 74.5 Å². The van der Waals surface area contributed by atoms with Crippen LogP contribution in [-0.2, 0) is 22.7 Å². The smallest absolute Gasteiger partial charge is 0.298 e. The number of nitrogens with one attached hydrogen (secondary N) is 1. The number of pyridine rings is 1. The number of Topliss-reactive ketones (excluding diaryl/α,β-unsaturated/α-hetero) is 1. The molecule has 2 aromatic heterocycles. The Hall–Kier alpha value is -4.43. The van der Waals surface area contributed by atoms with Crippen LogP contribution < -0.4 is 15.1 Å². The normalized spacial score (nSPS) is 13.4. The van der Waals surface area contributed by atoms with E-state index in [0.717, 1.165) is 60.2 Å². The van der Waals surface area contributed by atoms with E-state index in [0.29, 0.717) is 17.8 Å². The topological polar surface area (TPSA) is 79.7 Å². The number of aromatic nitrogens is 2. The summed E-state index contributed by atoms with van der Waals surface area (Å²) in [4.78, 5) is 36.1. The Balaban J connectivity index is 1.28. The second kappa shape index (κ2) is 12.4. The van der Waals surface area contributed by atoms with Crippen molar-refractivity contribution in [3.05, 3.63) is 95.4 Å². The maximum Gasteiger partial charge on any atom is 0.298 e. The summed E-state index contributed by atoms with van der Waals surface area (Å²) in [5.41, 5.74) is 6.78. The lowest BCUT2D eigenvalue weighted by molar-refractivity contribution is -0.112. The van der Waals surface area contributed by atoms with Crippen molar-refractivity contribution in [2.24, 2.45) is 0 Å². The number of hydrogen-bond acceptors (Lipinski definition) is 6. The van der Waals surface area contributed by atoms with Crippen molar-refractivity contribution in [2.45, 2.75) is 33.9 Å². The monoisotopic (exact) mass is 551 g/mol. The summed E-state index contributed by atoms with van der Waals surface area (Å²) in [6.45, 7) is 9.85. The Morgan fingerprint density at radius 3 is 2.22 bits per heavy atom. The summed E-state index contributed by atoms with van der Waals surface area (Å²) in [7, 11) is 1.58. The quantitative estimate of drug-likeness (QED) is 0.219. The molecule has 212 valence electrons. The number of amides is 1. The largest absolute Gasteiger partial charge is 0.368 e. The molecule has 2 aromatic carbocycles. The number of anilines is 3. The van der Waals surface area contributed by atoms with Gasteiger partial charge in [0.1, 0.15) is 18.2 Å². The first kappa shape index (κ1) is 28.1. The zero-order chi connectivity index (χ0) is 28.9. The number of carbonyl (C=O) groups excluding carboxylic acids is 2. The predicted octanol–water partition coefficient (Wildman–Crippen LogP) is 5.48. The molecule has 0 bridgehead atoms. The van der Waals surface area contributed by atoms with E-state index < -0.39 is 11.7 Å². The van der Waals surface area contributed by atoms with E-state index in [2.05, 4.69) is 34.2 Å². The molecule has 8 nitrogen and oxygen atoms in total. The number of ether oxygens (including phenoxy) is 1. The van der Waals surface area contributed by atoms with Gasteiger partial charge >= 0.3 is 0 Å². The van der Waals surface area contributed by atoms with Gasteiger partial charge in [0.25, 0.3) is 11.7 Å². The maximum absolute atomic E-state index is 13.6. The lowest BCUT2D eigenvalue weighted by Gasteiger charge is -2.37. The zero-order valence-corrected chi connectivity index (χ0v) is 24.2. The molecular weight excluding hydrogens is 514 g/mol. The average Bonchev–Trinajstić information content (AvgIpc) is 3.35. The summed E-state index contributed by atoms with van der Waals surface area (Å²) in [6, 6.07) is 23.5. The Morgan fingerprint density at radius 1 is 0.902 bits per heavy atom. The summed E-state index contributed by atoms with van der Waals surface area (Å²) in [5, 5.41) is 2.81. The first-order valence-corrected chi connectivity index (χ1v) is 14.1. The van der Waals surface area contributed by atoms with Crippen molar-refractivity contribution >= 4 is 28.9 Å². The van der Waals surface area contributed by atoms with Gasteiger partial charge in [0, 0.05) is 61.6 Å². The third kappa shape index (κ3) is 6.18. The van der Waals surface area contributed by atoms with E-state index in [-0.39, 0.29) is 6.73 Å². The van der Waals surface area contributed by atoms with Gasteiger partial charge in [-0.15, -0.1) is 0 Å². The fraction of sp³-hybridized carbons (Fsp3) is 0.303. The maximum atomic E-state index is 13.6. The van der Waals surface area contributed by atoms with Crippen LogP contribution in [0.2, 0.25) is 0 Å². The number of piperazine rings is 1. The van der Waals surface area contributed by atoms with Gasteiger partial charge in [-0.1, -0.05) is 37.3 Å². The number of nitrogens with zero attached hydrogens (tertiary/aromatic N) is 4. The molecule has 0 atom stereocenters. The number of hydrogen-bond donors (Lipinski definition) is 1.